The lowest BCUT2D eigenvalue weighted by molar-refractivity contribution is 0.102. The van der Waals surface area contributed by atoms with Crippen LogP contribution in [0.25, 0.3) is 11.0 Å². The van der Waals surface area contributed by atoms with Crippen LogP contribution in [0.5, 0.6) is 5.75 Å². The molecule has 1 amide bonds. The van der Waals surface area contributed by atoms with Crippen LogP contribution in [-0.2, 0) is 0 Å². The van der Waals surface area contributed by atoms with E-state index in [1.54, 1.807) is 18.2 Å². The van der Waals surface area contributed by atoms with Gasteiger partial charge >= 0.3 is 5.63 Å². The Morgan fingerprint density at radius 2 is 2.08 bits per heavy atom. The maximum atomic E-state index is 12.4. The number of carbonyl (C=O) groups is 1. The van der Waals surface area contributed by atoms with Crippen LogP contribution in [0.3, 0.4) is 0 Å². The Hall–Kier alpha value is -2.57. The van der Waals surface area contributed by atoms with E-state index < -0.39 is 11.5 Å². The predicted octanol–water partition coefficient (Wildman–Crippen LogP) is 4.54. The molecule has 0 saturated heterocycles. The molecule has 0 aliphatic rings. The standard InChI is InChI=1S/C18H14Cl2N2O4/c1-2-5-25-12-4-3-10-6-13(18(24)26-15(10)8-12)17(23)22-16-14(20)7-11(19)9-21-16/h3-4,6-9H,2,5H2,1H3,(H,21,22,23). The summed E-state index contributed by atoms with van der Waals surface area (Å²) in [4.78, 5) is 28.5. The number of carbonyl (C=O) groups excluding carboxylic acids is 1. The average Bonchev–Trinajstić information content (AvgIpc) is 2.61. The van der Waals surface area contributed by atoms with E-state index in [0.29, 0.717) is 28.3 Å². The molecule has 0 unspecified atom stereocenters. The number of hydrogen-bond acceptors (Lipinski definition) is 5. The van der Waals surface area contributed by atoms with Gasteiger partial charge in [0.2, 0.25) is 0 Å². The third-order valence-electron chi connectivity index (χ3n) is 3.46. The minimum Gasteiger partial charge on any atom is -0.493 e. The van der Waals surface area contributed by atoms with Gasteiger partial charge in [-0.2, -0.15) is 0 Å². The first-order chi connectivity index (χ1) is 12.5. The number of anilines is 1. The zero-order valence-corrected chi connectivity index (χ0v) is 15.2. The number of ether oxygens (including phenoxy) is 1. The van der Waals surface area contributed by atoms with Crippen LogP contribution >= 0.6 is 23.2 Å². The Balaban J connectivity index is 1.90. The number of aromatic nitrogens is 1. The number of nitrogens with zero attached hydrogens (tertiary/aromatic N) is 1. The number of amides is 1. The van der Waals surface area contributed by atoms with E-state index >= 15 is 0 Å². The summed E-state index contributed by atoms with van der Waals surface area (Å²) in [5, 5.41) is 3.56. The molecule has 1 aromatic carbocycles. The van der Waals surface area contributed by atoms with Gasteiger partial charge in [-0.05, 0) is 30.7 Å². The number of rotatable bonds is 5. The van der Waals surface area contributed by atoms with Gasteiger partial charge in [0.15, 0.2) is 5.82 Å². The summed E-state index contributed by atoms with van der Waals surface area (Å²) in [5.41, 5.74) is -0.594. The second-order valence-electron chi connectivity index (χ2n) is 5.43. The summed E-state index contributed by atoms with van der Waals surface area (Å²) in [5.74, 6) is 0.0180. The fourth-order valence-corrected chi connectivity index (χ4v) is 2.67. The number of nitrogens with one attached hydrogen (secondary N) is 1. The van der Waals surface area contributed by atoms with Crippen molar-refractivity contribution >= 4 is 45.9 Å². The Morgan fingerprint density at radius 1 is 1.27 bits per heavy atom. The highest BCUT2D eigenvalue weighted by Crippen LogP contribution is 2.24. The van der Waals surface area contributed by atoms with E-state index in [0.717, 1.165) is 6.42 Å². The molecule has 6 nitrogen and oxygen atoms in total. The van der Waals surface area contributed by atoms with Gasteiger partial charge in [0, 0.05) is 17.6 Å². The van der Waals surface area contributed by atoms with E-state index in [2.05, 4.69) is 10.3 Å². The first kappa shape index (κ1) is 18.2. The van der Waals surface area contributed by atoms with Crippen LogP contribution in [-0.4, -0.2) is 17.5 Å². The molecule has 0 spiro atoms. The van der Waals surface area contributed by atoms with Crippen molar-refractivity contribution in [1.82, 2.24) is 4.98 Å². The van der Waals surface area contributed by atoms with E-state index in [9.17, 15) is 9.59 Å². The van der Waals surface area contributed by atoms with Gasteiger partial charge in [0.25, 0.3) is 5.91 Å². The minimum absolute atomic E-state index is 0.101. The molecule has 134 valence electrons. The summed E-state index contributed by atoms with van der Waals surface area (Å²) in [6, 6.07) is 7.97. The molecule has 0 fully saturated rings. The van der Waals surface area contributed by atoms with Gasteiger partial charge in [0.1, 0.15) is 16.9 Å². The highest BCUT2D eigenvalue weighted by molar-refractivity contribution is 6.36. The smallest absolute Gasteiger partial charge is 0.349 e. The van der Waals surface area contributed by atoms with E-state index in [1.807, 2.05) is 6.92 Å². The van der Waals surface area contributed by atoms with Gasteiger partial charge in [-0.15, -0.1) is 0 Å². The number of hydrogen-bond donors (Lipinski definition) is 1. The van der Waals surface area contributed by atoms with Gasteiger partial charge in [-0.25, -0.2) is 9.78 Å². The molecule has 3 aromatic rings. The lowest BCUT2D eigenvalue weighted by Crippen LogP contribution is -2.21. The molecule has 0 aliphatic heterocycles. The number of pyridine rings is 1. The van der Waals surface area contributed by atoms with Crippen molar-refractivity contribution in [1.29, 1.82) is 0 Å². The molecule has 2 aromatic heterocycles. The van der Waals surface area contributed by atoms with Gasteiger partial charge < -0.3 is 14.5 Å². The first-order valence-corrected chi connectivity index (χ1v) is 8.56. The van der Waals surface area contributed by atoms with Crippen molar-refractivity contribution in [3.63, 3.8) is 0 Å². The molecular weight excluding hydrogens is 379 g/mol. The van der Waals surface area contributed by atoms with E-state index in [-0.39, 0.29) is 16.4 Å². The molecule has 0 saturated carbocycles. The van der Waals surface area contributed by atoms with Crippen LogP contribution in [0.15, 0.2) is 45.7 Å². The Morgan fingerprint density at radius 3 is 2.81 bits per heavy atom. The van der Waals surface area contributed by atoms with Gasteiger partial charge in [0.05, 0.1) is 16.7 Å². The summed E-state index contributed by atoms with van der Waals surface area (Å²) in [7, 11) is 0. The summed E-state index contributed by atoms with van der Waals surface area (Å²) < 4.78 is 10.8. The quantitative estimate of drug-likeness (QED) is 0.644. The zero-order valence-electron chi connectivity index (χ0n) is 13.7. The lowest BCUT2D eigenvalue weighted by atomic mass is 10.1. The maximum Gasteiger partial charge on any atom is 0.349 e. The second kappa shape index (κ2) is 7.76. The molecule has 3 rings (SSSR count). The van der Waals surface area contributed by atoms with Crippen LogP contribution < -0.4 is 15.7 Å². The molecule has 0 aliphatic carbocycles. The zero-order chi connectivity index (χ0) is 18.7. The third-order valence-corrected chi connectivity index (χ3v) is 3.96. The van der Waals surface area contributed by atoms with Crippen LogP contribution in [0.1, 0.15) is 23.7 Å². The second-order valence-corrected chi connectivity index (χ2v) is 6.28. The number of benzene rings is 1. The van der Waals surface area contributed by atoms with Crippen molar-refractivity contribution < 1.29 is 13.9 Å². The van der Waals surface area contributed by atoms with Crippen molar-refractivity contribution in [2.45, 2.75) is 13.3 Å². The van der Waals surface area contributed by atoms with Crippen molar-refractivity contribution in [3.05, 3.63) is 62.6 Å². The van der Waals surface area contributed by atoms with Crippen LogP contribution in [0, 0.1) is 0 Å². The van der Waals surface area contributed by atoms with Crippen molar-refractivity contribution in [2.75, 3.05) is 11.9 Å². The predicted molar refractivity (Wildman–Crippen MR) is 100 cm³/mol. The highest BCUT2D eigenvalue weighted by Gasteiger charge is 2.16. The summed E-state index contributed by atoms with van der Waals surface area (Å²) >= 11 is 11.7. The van der Waals surface area contributed by atoms with E-state index in [4.69, 9.17) is 32.4 Å². The monoisotopic (exact) mass is 392 g/mol. The highest BCUT2D eigenvalue weighted by atomic mass is 35.5. The fraction of sp³-hybridized carbons (Fsp3) is 0.167. The normalized spacial score (nSPS) is 10.7. The van der Waals surface area contributed by atoms with Gasteiger partial charge in [-0.1, -0.05) is 30.1 Å². The molecule has 1 N–H and O–H groups in total. The van der Waals surface area contributed by atoms with E-state index in [1.165, 1.54) is 18.3 Å². The average molecular weight is 393 g/mol. The van der Waals surface area contributed by atoms with Crippen molar-refractivity contribution in [2.24, 2.45) is 0 Å². The Kier molecular flexibility index (Phi) is 5.44. The molecule has 8 heteroatoms. The van der Waals surface area contributed by atoms with Crippen molar-refractivity contribution in [3.8, 4) is 5.75 Å². The molecule has 0 bridgehead atoms. The van der Waals surface area contributed by atoms with Crippen LogP contribution in [0.2, 0.25) is 10.0 Å². The van der Waals surface area contributed by atoms with Crippen LogP contribution in [0.4, 0.5) is 5.82 Å². The Labute approximate surface area is 158 Å². The molecular formula is C18H14Cl2N2O4. The topological polar surface area (TPSA) is 81.4 Å². The van der Waals surface area contributed by atoms with Gasteiger partial charge in [-0.3, -0.25) is 4.79 Å². The number of halogens is 2. The Bertz CT molecular complexity index is 1030. The molecule has 0 atom stereocenters. The largest absolute Gasteiger partial charge is 0.493 e. The SMILES string of the molecule is CCCOc1ccc2cc(C(=O)Nc3ncc(Cl)cc3Cl)c(=O)oc2c1. The lowest BCUT2D eigenvalue weighted by Gasteiger charge is -2.07. The first-order valence-electron chi connectivity index (χ1n) is 7.81. The summed E-state index contributed by atoms with van der Waals surface area (Å²) in [6.45, 7) is 2.55. The number of fused-ring (bicyclic) bond motifs is 1. The third kappa shape index (κ3) is 3.98. The summed E-state index contributed by atoms with van der Waals surface area (Å²) in [6.07, 6.45) is 2.20. The fourth-order valence-electron chi connectivity index (χ4n) is 2.24. The minimum atomic E-state index is -0.771. The molecule has 0 radical (unpaired) electrons. The molecule has 26 heavy (non-hydrogen) atoms. The maximum absolute atomic E-state index is 12.4. The molecule has 2 heterocycles.